The fraction of sp³-hybridized carbons (Fsp3) is 0.556. The second-order valence-corrected chi connectivity index (χ2v) is 6.81. The van der Waals surface area contributed by atoms with Gasteiger partial charge in [-0.05, 0) is 56.9 Å². The minimum atomic E-state index is -1.09. The number of benzene rings is 1. The van der Waals surface area contributed by atoms with E-state index in [1.807, 2.05) is 4.90 Å². The lowest BCUT2D eigenvalue weighted by Crippen LogP contribution is -2.50. The first-order valence-electron chi connectivity index (χ1n) is 8.09. The van der Waals surface area contributed by atoms with Crippen molar-refractivity contribution in [1.29, 1.82) is 0 Å². The summed E-state index contributed by atoms with van der Waals surface area (Å²) in [7, 11) is 1.59. The molecule has 0 radical (unpaired) electrons. The normalized spacial score (nSPS) is 18.4. The fourth-order valence-electron chi connectivity index (χ4n) is 2.83. The largest absolute Gasteiger partial charge is 0.497 e. The van der Waals surface area contributed by atoms with E-state index in [-0.39, 0.29) is 11.8 Å². The van der Waals surface area contributed by atoms with Gasteiger partial charge in [-0.1, -0.05) is 6.92 Å². The van der Waals surface area contributed by atoms with E-state index in [0.717, 1.165) is 31.7 Å². The predicted molar refractivity (Wildman–Crippen MR) is 90.4 cm³/mol. The van der Waals surface area contributed by atoms with Crippen LogP contribution in [0.3, 0.4) is 0 Å². The topological polar surface area (TPSA) is 58.6 Å². The molecule has 1 aliphatic heterocycles. The summed E-state index contributed by atoms with van der Waals surface area (Å²) in [5.74, 6) is 0.828. The second kappa shape index (κ2) is 7.02. The Morgan fingerprint density at radius 3 is 2.48 bits per heavy atom. The number of amides is 2. The average Bonchev–Trinajstić information content (AvgIpc) is 2.54. The molecule has 1 fully saturated rings. The minimum Gasteiger partial charge on any atom is -0.497 e. The lowest BCUT2D eigenvalue weighted by Gasteiger charge is -2.36. The minimum absolute atomic E-state index is 0.102. The third kappa shape index (κ3) is 4.03. The van der Waals surface area contributed by atoms with Gasteiger partial charge in [-0.15, -0.1) is 0 Å². The van der Waals surface area contributed by atoms with E-state index in [2.05, 4.69) is 12.2 Å². The number of hydrogen-bond donors (Lipinski definition) is 1. The van der Waals surface area contributed by atoms with Crippen molar-refractivity contribution in [2.24, 2.45) is 11.3 Å². The molecule has 1 aromatic rings. The summed E-state index contributed by atoms with van der Waals surface area (Å²) in [4.78, 5) is 27.1. The molecule has 1 saturated heterocycles. The highest BCUT2D eigenvalue weighted by molar-refractivity contribution is 6.09. The first kappa shape index (κ1) is 17.3. The van der Waals surface area contributed by atoms with Gasteiger partial charge >= 0.3 is 0 Å². The molecule has 1 aliphatic rings. The van der Waals surface area contributed by atoms with Crippen LogP contribution in [0.1, 0.15) is 33.6 Å². The summed E-state index contributed by atoms with van der Waals surface area (Å²) in [5.41, 5.74) is -0.430. The Morgan fingerprint density at radius 1 is 1.26 bits per heavy atom. The van der Waals surface area contributed by atoms with Crippen LogP contribution < -0.4 is 10.1 Å². The zero-order valence-electron chi connectivity index (χ0n) is 14.4. The zero-order chi connectivity index (χ0) is 17.0. The van der Waals surface area contributed by atoms with Crippen LogP contribution in [-0.4, -0.2) is 36.9 Å². The third-order valence-electron chi connectivity index (χ3n) is 4.39. The van der Waals surface area contributed by atoms with Gasteiger partial charge in [-0.2, -0.15) is 0 Å². The number of piperidine rings is 1. The number of nitrogens with zero attached hydrogens (tertiary/aromatic N) is 1. The number of ether oxygens (including phenoxy) is 1. The molecule has 0 saturated carbocycles. The van der Waals surface area contributed by atoms with Gasteiger partial charge in [0.2, 0.25) is 11.8 Å². The van der Waals surface area contributed by atoms with Gasteiger partial charge in [-0.3, -0.25) is 9.59 Å². The van der Waals surface area contributed by atoms with Gasteiger partial charge in [0.1, 0.15) is 11.2 Å². The SMILES string of the molecule is COc1ccc(NC(=O)C(C)(C)C(=O)N2CCCC(C)C2)cc1. The summed E-state index contributed by atoms with van der Waals surface area (Å²) in [5, 5.41) is 2.82. The maximum Gasteiger partial charge on any atom is 0.239 e. The quantitative estimate of drug-likeness (QED) is 0.868. The maximum absolute atomic E-state index is 12.7. The highest BCUT2D eigenvalue weighted by Crippen LogP contribution is 2.26. The van der Waals surface area contributed by atoms with Crippen molar-refractivity contribution in [2.45, 2.75) is 33.6 Å². The Labute approximate surface area is 138 Å². The Hall–Kier alpha value is -2.04. The molecular formula is C18H26N2O3. The van der Waals surface area contributed by atoms with Crippen molar-refractivity contribution >= 4 is 17.5 Å². The van der Waals surface area contributed by atoms with E-state index in [0.29, 0.717) is 11.6 Å². The number of likely N-dealkylation sites (tertiary alicyclic amines) is 1. The molecule has 1 unspecified atom stereocenters. The molecule has 126 valence electrons. The molecule has 23 heavy (non-hydrogen) atoms. The van der Waals surface area contributed by atoms with Crippen LogP contribution in [0.25, 0.3) is 0 Å². The second-order valence-electron chi connectivity index (χ2n) is 6.81. The number of carbonyl (C=O) groups excluding carboxylic acids is 2. The average molecular weight is 318 g/mol. The third-order valence-corrected chi connectivity index (χ3v) is 4.39. The molecule has 2 rings (SSSR count). The summed E-state index contributed by atoms with van der Waals surface area (Å²) in [6, 6.07) is 7.08. The van der Waals surface area contributed by atoms with Crippen LogP contribution in [0.5, 0.6) is 5.75 Å². The molecule has 1 heterocycles. The maximum atomic E-state index is 12.7. The smallest absolute Gasteiger partial charge is 0.239 e. The molecule has 0 bridgehead atoms. The molecule has 5 nitrogen and oxygen atoms in total. The van der Waals surface area contributed by atoms with Crippen LogP contribution in [0.4, 0.5) is 5.69 Å². The lowest BCUT2D eigenvalue weighted by molar-refractivity contribution is -0.147. The van der Waals surface area contributed by atoms with E-state index in [1.54, 1.807) is 45.2 Å². The number of anilines is 1. The molecule has 1 N–H and O–H groups in total. The van der Waals surface area contributed by atoms with Crippen molar-refractivity contribution in [3.63, 3.8) is 0 Å². The van der Waals surface area contributed by atoms with Crippen LogP contribution >= 0.6 is 0 Å². The molecule has 1 aromatic carbocycles. The lowest BCUT2D eigenvalue weighted by atomic mass is 9.88. The summed E-state index contributed by atoms with van der Waals surface area (Å²) in [6.45, 7) is 6.99. The van der Waals surface area contributed by atoms with Crippen molar-refractivity contribution in [3.8, 4) is 5.75 Å². The van der Waals surface area contributed by atoms with Crippen molar-refractivity contribution < 1.29 is 14.3 Å². The van der Waals surface area contributed by atoms with E-state index in [1.165, 1.54) is 0 Å². The molecule has 1 atom stereocenters. The van der Waals surface area contributed by atoms with Gasteiger partial charge in [0.25, 0.3) is 0 Å². The Morgan fingerprint density at radius 2 is 1.91 bits per heavy atom. The number of carbonyl (C=O) groups is 2. The molecule has 0 spiro atoms. The first-order valence-corrected chi connectivity index (χ1v) is 8.09. The molecule has 0 aliphatic carbocycles. The Bertz CT molecular complexity index is 566. The molecule has 5 heteroatoms. The van der Waals surface area contributed by atoms with E-state index >= 15 is 0 Å². The van der Waals surface area contributed by atoms with Crippen LogP contribution in [0, 0.1) is 11.3 Å². The molecule has 0 aromatic heterocycles. The van der Waals surface area contributed by atoms with E-state index in [4.69, 9.17) is 4.74 Å². The van der Waals surface area contributed by atoms with E-state index in [9.17, 15) is 9.59 Å². The van der Waals surface area contributed by atoms with Gasteiger partial charge in [-0.25, -0.2) is 0 Å². The first-order chi connectivity index (χ1) is 10.8. The van der Waals surface area contributed by atoms with Crippen LogP contribution in [0.2, 0.25) is 0 Å². The highest BCUT2D eigenvalue weighted by Gasteiger charge is 2.40. The molecular weight excluding hydrogens is 292 g/mol. The van der Waals surface area contributed by atoms with Gasteiger partial charge in [0.15, 0.2) is 0 Å². The van der Waals surface area contributed by atoms with Crippen molar-refractivity contribution in [3.05, 3.63) is 24.3 Å². The van der Waals surface area contributed by atoms with Gasteiger partial charge < -0.3 is 15.0 Å². The van der Waals surface area contributed by atoms with Crippen molar-refractivity contribution in [2.75, 3.05) is 25.5 Å². The zero-order valence-corrected chi connectivity index (χ0v) is 14.4. The van der Waals surface area contributed by atoms with Crippen molar-refractivity contribution in [1.82, 2.24) is 4.90 Å². The number of rotatable bonds is 4. The number of nitrogens with one attached hydrogen (secondary N) is 1. The highest BCUT2D eigenvalue weighted by atomic mass is 16.5. The Balaban J connectivity index is 2.04. The van der Waals surface area contributed by atoms with E-state index < -0.39 is 5.41 Å². The summed E-state index contributed by atoms with van der Waals surface area (Å²) in [6.07, 6.45) is 2.14. The molecule has 2 amide bonds. The summed E-state index contributed by atoms with van der Waals surface area (Å²) < 4.78 is 5.10. The predicted octanol–water partition coefficient (Wildman–Crippen LogP) is 2.92. The fourth-order valence-corrected chi connectivity index (χ4v) is 2.83. The Kier molecular flexibility index (Phi) is 5.29. The number of hydrogen-bond acceptors (Lipinski definition) is 3. The monoisotopic (exact) mass is 318 g/mol. The van der Waals surface area contributed by atoms with Crippen LogP contribution in [0.15, 0.2) is 24.3 Å². The van der Waals surface area contributed by atoms with Gasteiger partial charge in [0.05, 0.1) is 7.11 Å². The standard InChI is InChI=1S/C18H26N2O3/c1-13-6-5-11-20(12-13)17(22)18(2,3)16(21)19-14-7-9-15(23-4)10-8-14/h7-10,13H,5-6,11-12H2,1-4H3,(H,19,21). The number of methoxy groups -OCH3 is 1. The summed E-state index contributed by atoms with van der Waals surface area (Å²) >= 11 is 0. The van der Waals surface area contributed by atoms with Gasteiger partial charge in [0, 0.05) is 18.8 Å². The van der Waals surface area contributed by atoms with Crippen LogP contribution in [-0.2, 0) is 9.59 Å².